The number of hydrazone groups is 1. The van der Waals surface area contributed by atoms with Gasteiger partial charge in [-0.15, -0.1) is 6.42 Å². The molecule has 0 saturated heterocycles. The molecule has 162 valence electrons. The first kappa shape index (κ1) is 24.0. The zero-order chi connectivity index (χ0) is 22.8. The highest BCUT2D eigenvalue weighted by molar-refractivity contribution is 9.10. The van der Waals surface area contributed by atoms with Crippen molar-refractivity contribution in [2.75, 3.05) is 13.7 Å². The third kappa shape index (κ3) is 6.86. The quantitative estimate of drug-likeness (QED) is 0.323. The molecule has 31 heavy (non-hydrogen) atoms. The monoisotopic (exact) mass is 485 g/mol. The fourth-order valence-corrected chi connectivity index (χ4v) is 3.23. The van der Waals surface area contributed by atoms with Gasteiger partial charge in [0, 0.05) is 5.56 Å². The molecule has 0 bridgehead atoms. The summed E-state index contributed by atoms with van der Waals surface area (Å²) in [6.45, 7) is 3.79. The minimum Gasteiger partial charge on any atom is -0.493 e. The van der Waals surface area contributed by atoms with Crippen molar-refractivity contribution in [1.82, 2.24) is 10.7 Å². The zero-order valence-electron chi connectivity index (χ0n) is 17.5. The van der Waals surface area contributed by atoms with Crippen LogP contribution >= 0.6 is 15.9 Å². The number of rotatable bonds is 9. The first-order valence-electron chi connectivity index (χ1n) is 9.50. The highest BCUT2D eigenvalue weighted by Gasteiger charge is 2.24. The second-order valence-electron chi connectivity index (χ2n) is 6.82. The van der Waals surface area contributed by atoms with Crippen LogP contribution in [0.25, 0.3) is 0 Å². The van der Waals surface area contributed by atoms with E-state index in [1.54, 1.807) is 36.4 Å². The summed E-state index contributed by atoms with van der Waals surface area (Å²) in [5.74, 6) is 2.46. The summed E-state index contributed by atoms with van der Waals surface area (Å²) in [5, 5.41) is 6.76. The van der Waals surface area contributed by atoms with E-state index in [2.05, 4.69) is 37.7 Å². The van der Waals surface area contributed by atoms with E-state index >= 15 is 0 Å². The topological polar surface area (TPSA) is 89.0 Å². The van der Waals surface area contributed by atoms with Gasteiger partial charge in [-0.1, -0.05) is 38.0 Å². The number of nitrogens with zero attached hydrogens (tertiary/aromatic N) is 1. The number of benzene rings is 2. The van der Waals surface area contributed by atoms with E-state index in [1.165, 1.54) is 13.3 Å². The Kier molecular flexibility index (Phi) is 9.10. The maximum absolute atomic E-state index is 12.6. The van der Waals surface area contributed by atoms with Gasteiger partial charge in [-0.3, -0.25) is 9.59 Å². The van der Waals surface area contributed by atoms with Crippen molar-refractivity contribution < 1.29 is 19.1 Å². The number of carbonyl (C=O) groups is 2. The van der Waals surface area contributed by atoms with Gasteiger partial charge in [0.2, 0.25) is 0 Å². The molecule has 0 fully saturated rings. The molecule has 2 aromatic carbocycles. The van der Waals surface area contributed by atoms with Gasteiger partial charge in [-0.05, 0) is 51.7 Å². The number of carbonyl (C=O) groups excluding carboxylic acids is 2. The molecule has 1 unspecified atom stereocenters. The number of hydrogen-bond donors (Lipinski definition) is 2. The lowest BCUT2D eigenvalue weighted by Crippen LogP contribution is -2.48. The number of methoxy groups -OCH3 is 1. The van der Waals surface area contributed by atoms with Crippen LogP contribution in [-0.2, 0) is 4.79 Å². The molecule has 0 saturated carbocycles. The fraction of sp³-hybridized carbons (Fsp3) is 0.261. The molecular formula is C23H24BrN3O4. The van der Waals surface area contributed by atoms with Crippen molar-refractivity contribution >= 4 is 34.0 Å². The average molecular weight is 486 g/mol. The van der Waals surface area contributed by atoms with Crippen LogP contribution in [0.4, 0.5) is 0 Å². The van der Waals surface area contributed by atoms with Crippen molar-refractivity contribution in [2.45, 2.75) is 19.9 Å². The molecule has 0 aliphatic rings. The lowest BCUT2D eigenvalue weighted by molar-refractivity contribution is -0.123. The molecular weight excluding hydrogens is 462 g/mol. The zero-order valence-corrected chi connectivity index (χ0v) is 19.1. The van der Waals surface area contributed by atoms with E-state index in [0.29, 0.717) is 27.1 Å². The molecule has 0 spiro atoms. The molecule has 1 atom stereocenters. The van der Waals surface area contributed by atoms with E-state index in [9.17, 15) is 9.59 Å². The van der Waals surface area contributed by atoms with E-state index in [-0.39, 0.29) is 18.4 Å². The molecule has 2 amide bonds. The lowest BCUT2D eigenvalue weighted by atomic mass is 10.0. The molecule has 0 aromatic heterocycles. The highest BCUT2D eigenvalue weighted by Crippen LogP contribution is 2.36. The Morgan fingerprint density at radius 3 is 2.58 bits per heavy atom. The average Bonchev–Trinajstić information content (AvgIpc) is 2.76. The van der Waals surface area contributed by atoms with Crippen LogP contribution in [-0.4, -0.2) is 37.8 Å². The minimum absolute atomic E-state index is 0.101. The van der Waals surface area contributed by atoms with Gasteiger partial charge in [0.15, 0.2) is 11.5 Å². The number of terminal acetylenes is 1. The Labute approximate surface area is 190 Å². The third-order valence-electron chi connectivity index (χ3n) is 4.21. The molecule has 0 aliphatic carbocycles. The van der Waals surface area contributed by atoms with Crippen LogP contribution in [0.1, 0.15) is 29.8 Å². The predicted molar refractivity (Wildman–Crippen MR) is 123 cm³/mol. The molecule has 8 heteroatoms. The summed E-state index contributed by atoms with van der Waals surface area (Å²) in [5.41, 5.74) is 3.62. The Balaban J connectivity index is 2.07. The predicted octanol–water partition coefficient (Wildman–Crippen LogP) is 3.37. The molecule has 7 nitrogen and oxygen atoms in total. The van der Waals surface area contributed by atoms with Crippen LogP contribution in [0.3, 0.4) is 0 Å². The molecule has 2 rings (SSSR count). The summed E-state index contributed by atoms with van der Waals surface area (Å²) in [6, 6.07) is 11.4. The van der Waals surface area contributed by atoms with Gasteiger partial charge in [0.05, 0.1) is 17.8 Å². The number of amides is 2. The van der Waals surface area contributed by atoms with Gasteiger partial charge in [0.25, 0.3) is 11.8 Å². The van der Waals surface area contributed by atoms with Crippen LogP contribution in [0.2, 0.25) is 0 Å². The van der Waals surface area contributed by atoms with Crippen LogP contribution in [0.15, 0.2) is 52.0 Å². The van der Waals surface area contributed by atoms with E-state index in [4.69, 9.17) is 15.9 Å². The van der Waals surface area contributed by atoms with Gasteiger partial charge >= 0.3 is 0 Å². The van der Waals surface area contributed by atoms with Gasteiger partial charge in [-0.25, -0.2) is 5.43 Å². The fourth-order valence-electron chi connectivity index (χ4n) is 2.66. The number of hydrogen-bond acceptors (Lipinski definition) is 5. The van der Waals surface area contributed by atoms with Crippen molar-refractivity contribution in [3.8, 4) is 23.8 Å². The summed E-state index contributed by atoms with van der Waals surface area (Å²) in [4.78, 5) is 25.0. The Morgan fingerprint density at radius 1 is 1.26 bits per heavy atom. The molecule has 0 aliphatic heterocycles. The van der Waals surface area contributed by atoms with Crippen molar-refractivity contribution in [3.05, 3.63) is 58.1 Å². The Bertz CT molecular complexity index is 984. The van der Waals surface area contributed by atoms with Crippen molar-refractivity contribution in [1.29, 1.82) is 0 Å². The van der Waals surface area contributed by atoms with E-state index in [0.717, 1.165) is 0 Å². The third-order valence-corrected chi connectivity index (χ3v) is 4.80. The van der Waals surface area contributed by atoms with E-state index in [1.807, 2.05) is 19.9 Å². The SMILES string of the molecule is C#CCOc1c(Br)cc(/C=N/NC(=O)C(NC(=O)c2ccccc2)C(C)C)cc1OC. The maximum atomic E-state index is 12.6. The van der Waals surface area contributed by atoms with Gasteiger partial charge in [0.1, 0.15) is 12.6 Å². The minimum atomic E-state index is -0.745. The highest BCUT2D eigenvalue weighted by atomic mass is 79.9. The smallest absolute Gasteiger partial charge is 0.262 e. The summed E-state index contributed by atoms with van der Waals surface area (Å²) in [6.07, 6.45) is 6.70. The van der Waals surface area contributed by atoms with Crippen molar-refractivity contribution in [3.63, 3.8) is 0 Å². The summed E-state index contributed by atoms with van der Waals surface area (Å²) >= 11 is 3.41. The Hall–Kier alpha value is -3.31. The van der Waals surface area contributed by atoms with Crippen molar-refractivity contribution in [2.24, 2.45) is 11.0 Å². The lowest BCUT2D eigenvalue weighted by Gasteiger charge is -2.20. The molecule has 2 aromatic rings. The second kappa shape index (κ2) is 11.8. The molecule has 0 heterocycles. The summed E-state index contributed by atoms with van der Waals surface area (Å²) < 4.78 is 11.4. The summed E-state index contributed by atoms with van der Waals surface area (Å²) in [7, 11) is 1.51. The van der Waals surface area contributed by atoms with Gasteiger partial charge in [-0.2, -0.15) is 5.10 Å². The molecule has 2 N–H and O–H groups in total. The second-order valence-corrected chi connectivity index (χ2v) is 7.68. The maximum Gasteiger partial charge on any atom is 0.262 e. The number of halogens is 1. The van der Waals surface area contributed by atoms with Gasteiger partial charge < -0.3 is 14.8 Å². The van der Waals surface area contributed by atoms with Crippen LogP contribution in [0, 0.1) is 18.3 Å². The number of ether oxygens (including phenoxy) is 2. The standard InChI is InChI=1S/C23H24BrN3O4/c1-5-11-31-21-18(24)12-16(13-19(21)30-4)14-25-27-23(29)20(15(2)3)26-22(28)17-9-7-6-8-10-17/h1,6-10,12-15,20H,11H2,2-4H3,(H,26,28)(H,27,29)/b25-14+. The van der Waals surface area contributed by atoms with Crippen LogP contribution < -0.4 is 20.2 Å². The normalized spacial score (nSPS) is 11.6. The van der Waals surface area contributed by atoms with Crippen LogP contribution in [0.5, 0.6) is 11.5 Å². The first-order chi connectivity index (χ1) is 14.9. The largest absolute Gasteiger partial charge is 0.493 e. The van der Waals surface area contributed by atoms with E-state index < -0.39 is 11.9 Å². The molecule has 0 radical (unpaired) electrons. The Morgan fingerprint density at radius 2 is 1.97 bits per heavy atom. The first-order valence-corrected chi connectivity index (χ1v) is 10.3. The number of nitrogens with one attached hydrogen (secondary N) is 2.